The van der Waals surface area contributed by atoms with Gasteiger partial charge in [0.2, 0.25) is 0 Å². The molecule has 0 amide bonds. The molecule has 1 rings (SSSR count). The van der Waals surface area contributed by atoms with Crippen LogP contribution in [0.4, 0.5) is 0 Å². The van der Waals surface area contributed by atoms with Crippen molar-refractivity contribution in [2.75, 3.05) is 34.2 Å². The number of hydrogen-bond donors (Lipinski definition) is 1. The first-order chi connectivity index (χ1) is 8.11. The largest absolute Gasteiger partial charge is 0.326 e. The van der Waals surface area contributed by atoms with Gasteiger partial charge in [-0.05, 0) is 51.8 Å². The van der Waals surface area contributed by atoms with E-state index in [1.165, 1.54) is 17.5 Å². The van der Waals surface area contributed by atoms with Gasteiger partial charge in [-0.15, -0.1) is 0 Å². The molecule has 0 radical (unpaired) electrons. The molecule has 0 saturated carbocycles. The van der Waals surface area contributed by atoms with Gasteiger partial charge in [0.25, 0.3) is 0 Å². The molecule has 17 heavy (non-hydrogen) atoms. The van der Waals surface area contributed by atoms with Crippen LogP contribution < -0.4 is 5.73 Å². The predicted octanol–water partition coefficient (Wildman–Crippen LogP) is 1.53. The summed E-state index contributed by atoms with van der Waals surface area (Å²) in [5, 5.41) is 0. The summed E-state index contributed by atoms with van der Waals surface area (Å²) in [6.07, 6.45) is 1.21. The minimum atomic E-state index is 0.624. The van der Waals surface area contributed by atoms with Crippen molar-refractivity contribution in [2.45, 2.75) is 19.5 Å². The van der Waals surface area contributed by atoms with Gasteiger partial charge in [0.1, 0.15) is 0 Å². The molecule has 0 bridgehead atoms. The maximum Gasteiger partial charge on any atom is 0.0230 e. The van der Waals surface area contributed by atoms with Gasteiger partial charge in [-0.25, -0.2) is 0 Å². The lowest BCUT2D eigenvalue weighted by Crippen LogP contribution is -2.23. The summed E-state index contributed by atoms with van der Waals surface area (Å²) in [5.74, 6) is 0. The van der Waals surface area contributed by atoms with Gasteiger partial charge in [0.05, 0.1) is 0 Å². The Bertz CT molecular complexity index is 306. The number of nitrogens with two attached hydrogens (primary N) is 1. The van der Waals surface area contributed by atoms with Crippen LogP contribution in [0.25, 0.3) is 0 Å². The van der Waals surface area contributed by atoms with Crippen LogP contribution in [0, 0.1) is 0 Å². The second kappa shape index (κ2) is 7.43. The highest BCUT2D eigenvalue weighted by Crippen LogP contribution is 2.06. The van der Waals surface area contributed by atoms with E-state index in [0.29, 0.717) is 6.54 Å². The van der Waals surface area contributed by atoms with Crippen molar-refractivity contribution < 1.29 is 0 Å². The van der Waals surface area contributed by atoms with Crippen LogP contribution in [0.1, 0.15) is 17.5 Å². The van der Waals surface area contributed by atoms with E-state index in [1.54, 1.807) is 0 Å². The first-order valence-corrected chi connectivity index (χ1v) is 6.23. The molecule has 1 aromatic rings. The highest BCUT2D eigenvalue weighted by Gasteiger charge is 2.00. The maximum atomic E-state index is 5.58. The monoisotopic (exact) mass is 235 g/mol. The zero-order chi connectivity index (χ0) is 12.7. The Hall–Kier alpha value is -0.900. The molecule has 0 unspecified atom stereocenters. The second-order valence-corrected chi connectivity index (χ2v) is 4.92. The molecule has 0 spiro atoms. The Morgan fingerprint density at radius 1 is 0.941 bits per heavy atom. The summed E-state index contributed by atoms with van der Waals surface area (Å²) in [7, 11) is 6.41. The standard InChI is InChI=1S/C14H25N3/c1-16(2)9-4-10-17(3)12-14-7-5-13(11-15)6-8-14/h5-8H,4,9-12,15H2,1-3H3. The van der Waals surface area contributed by atoms with Crippen molar-refractivity contribution >= 4 is 0 Å². The number of hydrogen-bond acceptors (Lipinski definition) is 3. The lowest BCUT2D eigenvalue weighted by atomic mass is 10.1. The third kappa shape index (κ3) is 5.82. The van der Waals surface area contributed by atoms with E-state index < -0.39 is 0 Å². The zero-order valence-corrected chi connectivity index (χ0v) is 11.3. The van der Waals surface area contributed by atoms with E-state index in [1.807, 2.05) is 0 Å². The third-order valence-electron chi connectivity index (χ3n) is 2.86. The van der Waals surface area contributed by atoms with E-state index >= 15 is 0 Å². The zero-order valence-electron chi connectivity index (χ0n) is 11.3. The van der Waals surface area contributed by atoms with E-state index in [-0.39, 0.29) is 0 Å². The van der Waals surface area contributed by atoms with Crippen molar-refractivity contribution in [1.29, 1.82) is 0 Å². The van der Waals surface area contributed by atoms with Gasteiger partial charge < -0.3 is 15.5 Å². The number of benzene rings is 1. The lowest BCUT2D eigenvalue weighted by Gasteiger charge is -2.18. The molecule has 96 valence electrons. The van der Waals surface area contributed by atoms with Gasteiger partial charge >= 0.3 is 0 Å². The summed E-state index contributed by atoms with van der Waals surface area (Å²) in [6.45, 7) is 3.92. The SMILES string of the molecule is CN(C)CCCN(C)Cc1ccc(CN)cc1. The average molecular weight is 235 g/mol. The van der Waals surface area contributed by atoms with Gasteiger partial charge in [-0.3, -0.25) is 0 Å². The Morgan fingerprint density at radius 3 is 2.06 bits per heavy atom. The summed E-state index contributed by atoms with van der Waals surface area (Å²) in [4.78, 5) is 4.59. The quantitative estimate of drug-likeness (QED) is 0.778. The third-order valence-corrected chi connectivity index (χ3v) is 2.86. The van der Waals surface area contributed by atoms with E-state index in [9.17, 15) is 0 Å². The Labute approximate surface area is 105 Å². The maximum absolute atomic E-state index is 5.58. The smallest absolute Gasteiger partial charge is 0.0230 e. The van der Waals surface area contributed by atoms with Gasteiger partial charge in [0, 0.05) is 13.1 Å². The highest BCUT2D eigenvalue weighted by atomic mass is 15.1. The molecule has 1 aromatic carbocycles. The van der Waals surface area contributed by atoms with Gasteiger partial charge in [-0.1, -0.05) is 24.3 Å². The second-order valence-electron chi connectivity index (χ2n) is 4.92. The van der Waals surface area contributed by atoms with Crippen LogP contribution in [0.2, 0.25) is 0 Å². The van der Waals surface area contributed by atoms with Crippen LogP contribution in [0.3, 0.4) is 0 Å². The van der Waals surface area contributed by atoms with Crippen LogP contribution in [-0.4, -0.2) is 44.0 Å². The topological polar surface area (TPSA) is 32.5 Å². The molecular formula is C14H25N3. The summed E-state index contributed by atoms with van der Waals surface area (Å²) in [5.41, 5.74) is 8.13. The van der Waals surface area contributed by atoms with E-state index in [0.717, 1.165) is 19.6 Å². The normalized spacial score (nSPS) is 11.4. The highest BCUT2D eigenvalue weighted by molar-refractivity contribution is 5.22. The minimum absolute atomic E-state index is 0.624. The van der Waals surface area contributed by atoms with Crippen molar-refractivity contribution in [3.8, 4) is 0 Å². The van der Waals surface area contributed by atoms with E-state index in [2.05, 4.69) is 55.2 Å². The van der Waals surface area contributed by atoms with Crippen molar-refractivity contribution in [1.82, 2.24) is 9.80 Å². The fourth-order valence-electron chi connectivity index (χ4n) is 1.83. The number of rotatable bonds is 7. The molecular weight excluding hydrogens is 210 g/mol. The Balaban J connectivity index is 2.31. The lowest BCUT2D eigenvalue weighted by molar-refractivity contribution is 0.294. The summed E-state index contributed by atoms with van der Waals surface area (Å²) in [6, 6.07) is 8.57. The van der Waals surface area contributed by atoms with Crippen LogP contribution in [-0.2, 0) is 13.1 Å². The molecule has 0 aliphatic heterocycles. The summed E-state index contributed by atoms with van der Waals surface area (Å²) >= 11 is 0. The number of nitrogens with zero attached hydrogens (tertiary/aromatic N) is 2. The Morgan fingerprint density at radius 2 is 1.53 bits per heavy atom. The fraction of sp³-hybridized carbons (Fsp3) is 0.571. The van der Waals surface area contributed by atoms with Gasteiger partial charge in [0.15, 0.2) is 0 Å². The molecule has 0 aliphatic rings. The molecule has 3 nitrogen and oxygen atoms in total. The molecule has 0 saturated heterocycles. The molecule has 0 fully saturated rings. The van der Waals surface area contributed by atoms with Crippen LogP contribution >= 0.6 is 0 Å². The van der Waals surface area contributed by atoms with E-state index in [4.69, 9.17) is 5.73 Å². The van der Waals surface area contributed by atoms with Crippen molar-refractivity contribution in [2.24, 2.45) is 5.73 Å². The average Bonchev–Trinajstić information content (AvgIpc) is 2.29. The molecule has 0 atom stereocenters. The molecule has 0 heterocycles. The first-order valence-electron chi connectivity index (χ1n) is 6.23. The van der Waals surface area contributed by atoms with Crippen LogP contribution in [0.15, 0.2) is 24.3 Å². The fourth-order valence-corrected chi connectivity index (χ4v) is 1.83. The van der Waals surface area contributed by atoms with Crippen molar-refractivity contribution in [3.63, 3.8) is 0 Å². The van der Waals surface area contributed by atoms with Crippen LogP contribution in [0.5, 0.6) is 0 Å². The minimum Gasteiger partial charge on any atom is -0.326 e. The first kappa shape index (κ1) is 14.2. The summed E-state index contributed by atoms with van der Waals surface area (Å²) < 4.78 is 0. The molecule has 2 N–H and O–H groups in total. The molecule has 3 heteroatoms. The van der Waals surface area contributed by atoms with Crippen molar-refractivity contribution in [3.05, 3.63) is 35.4 Å². The molecule has 0 aromatic heterocycles. The predicted molar refractivity (Wildman–Crippen MR) is 73.8 cm³/mol. The van der Waals surface area contributed by atoms with Gasteiger partial charge in [-0.2, -0.15) is 0 Å². The Kier molecular flexibility index (Phi) is 6.19. The molecule has 0 aliphatic carbocycles.